The normalized spacial score (nSPS) is 12.5. The summed E-state index contributed by atoms with van der Waals surface area (Å²) in [5.74, 6) is 0. The zero-order valence-corrected chi connectivity index (χ0v) is 12.5. The van der Waals surface area contributed by atoms with Crippen LogP contribution in [0.2, 0.25) is 0 Å². The van der Waals surface area contributed by atoms with Crippen LogP contribution in [0, 0.1) is 0 Å². The van der Waals surface area contributed by atoms with Crippen molar-refractivity contribution in [2.75, 3.05) is 7.05 Å². The van der Waals surface area contributed by atoms with Gasteiger partial charge in [0.15, 0.2) is 0 Å². The van der Waals surface area contributed by atoms with Gasteiger partial charge >= 0.3 is 0 Å². The lowest BCUT2D eigenvalue weighted by Crippen LogP contribution is -2.15. The quantitative estimate of drug-likeness (QED) is 0.755. The molecule has 0 spiro atoms. The van der Waals surface area contributed by atoms with Crippen molar-refractivity contribution in [1.29, 1.82) is 0 Å². The Balaban J connectivity index is 2.13. The molecule has 3 aromatic rings. The lowest BCUT2D eigenvalue weighted by atomic mass is 9.96. The average Bonchev–Trinajstić information content (AvgIpc) is 2.56. The van der Waals surface area contributed by atoms with Gasteiger partial charge in [0.2, 0.25) is 0 Å². The van der Waals surface area contributed by atoms with Crippen LogP contribution >= 0.6 is 0 Å². The topological polar surface area (TPSA) is 24.9 Å². The predicted molar refractivity (Wildman–Crippen MR) is 89.3 cm³/mol. The van der Waals surface area contributed by atoms with E-state index in [2.05, 4.69) is 65.8 Å². The van der Waals surface area contributed by atoms with Crippen LogP contribution in [0.15, 0.2) is 60.9 Å². The summed E-state index contributed by atoms with van der Waals surface area (Å²) in [5.41, 5.74) is 3.75. The average molecular weight is 276 g/mol. The van der Waals surface area contributed by atoms with E-state index >= 15 is 0 Å². The maximum atomic E-state index is 4.39. The van der Waals surface area contributed by atoms with Gasteiger partial charge in [0.25, 0.3) is 0 Å². The zero-order chi connectivity index (χ0) is 14.7. The van der Waals surface area contributed by atoms with E-state index in [0.717, 1.165) is 6.42 Å². The third-order valence-corrected chi connectivity index (χ3v) is 4.02. The Morgan fingerprint density at radius 1 is 1.05 bits per heavy atom. The van der Waals surface area contributed by atoms with Crippen molar-refractivity contribution in [3.63, 3.8) is 0 Å². The molecule has 0 amide bonds. The first-order valence-corrected chi connectivity index (χ1v) is 7.44. The highest BCUT2D eigenvalue weighted by Crippen LogP contribution is 2.29. The van der Waals surface area contributed by atoms with Crippen LogP contribution in [0.1, 0.15) is 24.9 Å². The molecular weight excluding hydrogens is 256 g/mol. The van der Waals surface area contributed by atoms with Crippen molar-refractivity contribution >= 4 is 10.8 Å². The summed E-state index contributed by atoms with van der Waals surface area (Å²) in [6.07, 6.45) is 4.96. The summed E-state index contributed by atoms with van der Waals surface area (Å²) >= 11 is 0. The van der Waals surface area contributed by atoms with Crippen molar-refractivity contribution in [1.82, 2.24) is 10.3 Å². The van der Waals surface area contributed by atoms with Crippen LogP contribution in [-0.4, -0.2) is 12.0 Å². The number of fused-ring (bicyclic) bond motifs is 1. The van der Waals surface area contributed by atoms with Crippen LogP contribution in [0.4, 0.5) is 0 Å². The lowest BCUT2D eigenvalue weighted by Gasteiger charge is -2.16. The van der Waals surface area contributed by atoms with E-state index < -0.39 is 0 Å². The van der Waals surface area contributed by atoms with Gasteiger partial charge in [-0.3, -0.25) is 4.98 Å². The predicted octanol–water partition coefficient (Wildman–Crippen LogP) is 4.57. The van der Waals surface area contributed by atoms with E-state index in [1.165, 1.54) is 27.5 Å². The van der Waals surface area contributed by atoms with Crippen molar-refractivity contribution in [3.8, 4) is 11.1 Å². The Kier molecular flexibility index (Phi) is 3.98. The molecule has 1 aromatic heterocycles. The number of hydrogen-bond acceptors (Lipinski definition) is 2. The van der Waals surface area contributed by atoms with E-state index in [9.17, 15) is 0 Å². The first-order chi connectivity index (χ1) is 10.3. The second kappa shape index (κ2) is 6.06. The van der Waals surface area contributed by atoms with Gasteiger partial charge in [0, 0.05) is 29.4 Å². The van der Waals surface area contributed by atoms with Crippen molar-refractivity contribution < 1.29 is 0 Å². The Hall–Kier alpha value is -2.19. The molecule has 0 radical (unpaired) electrons. The SMILES string of the molecule is CCC(NC)c1cccc(-c2cncc3ccccc23)c1. The maximum Gasteiger partial charge on any atom is 0.0352 e. The van der Waals surface area contributed by atoms with Gasteiger partial charge in [-0.25, -0.2) is 0 Å². The largest absolute Gasteiger partial charge is 0.313 e. The van der Waals surface area contributed by atoms with Crippen LogP contribution in [-0.2, 0) is 0 Å². The molecule has 0 aliphatic carbocycles. The highest BCUT2D eigenvalue weighted by atomic mass is 14.9. The molecule has 1 unspecified atom stereocenters. The van der Waals surface area contributed by atoms with Gasteiger partial charge < -0.3 is 5.32 Å². The molecule has 0 aliphatic heterocycles. The summed E-state index contributed by atoms with van der Waals surface area (Å²) in [6, 6.07) is 17.6. The molecule has 2 aromatic carbocycles. The van der Waals surface area contributed by atoms with E-state index in [-0.39, 0.29) is 0 Å². The Labute approximate surface area is 125 Å². The number of nitrogens with one attached hydrogen (secondary N) is 1. The first-order valence-electron chi connectivity index (χ1n) is 7.44. The molecule has 106 valence electrons. The smallest absolute Gasteiger partial charge is 0.0352 e. The van der Waals surface area contributed by atoms with Gasteiger partial charge in [0.1, 0.15) is 0 Å². The van der Waals surface area contributed by atoms with Gasteiger partial charge in [-0.15, -0.1) is 0 Å². The number of rotatable bonds is 4. The Bertz CT molecular complexity index is 740. The number of pyridine rings is 1. The molecule has 0 bridgehead atoms. The van der Waals surface area contributed by atoms with Crippen molar-refractivity contribution in [3.05, 3.63) is 66.5 Å². The Morgan fingerprint density at radius 2 is 1.90 bits per heavy atom. The summed E-state index contributed by atoms with van der Waals surface area (Å²) in [5, 5.41) is 5.80. The fourth-order valence-electron chi connectivity index (χ4n) is 2.88. The molecule has 1 heterocycles. The summed E-state index contributed by atoms with van der Waals surface area (Å²) in [6.45, 7) is 2.20. The van der Waals surface area contributed by atoms with E-state index in [4.69, 9.17) is 0 Å². The number of nitrogens with zero attached hydrogens (tertiary/aromatic N) is 1. The number of benzene rings is 2. The fourth-order valence-corrected chi connectivity index (χ4v) is 2.88. The molecule has 2 heteroatoms. The molecule has 0 saturated carbocycles. The minimum Gasteiger partial charge on any atom is -0.313 e. The maximum absolute atomic E-state index is 4.39. The molecule has 1 N–H and O–H groups in total. The highest BCUT2D eigenvalue weighted by Gasteiger charge is 2.09. The zero-order valence-electron chi connectivity index (χ0n) is 12.5. The minimum absolute atomic E-state index is 0.396. The monoisotopic (exact) mass is 276 g/mol. The molecule has 1 atom stereocenters. The third kappa shape index (κ3) is 2.67. The van der Waals surface area contributed by atoms with Crippen molar-refractivity contribution in [2.45, 2.75) is 19.4 Å². The molecule has 21 heavy (non-hydrogen) atoms. The lowest BCUT2D eigenvalue weighted by molar-refractivity contribution is 0.577. The molecule has 2 nitrogen and oxygen atoms in total. The molecule has 0 fully saturated rings. The van der Waals surface area contributed by atoms with E-state index in [1.807, 2.05) is 19.4 Å². The highest BCUT2D eigenvalue weighted by molar-refractivity contribution is 5.95. The van der Waals surface area contributed by atoms with Crippen LogP contribution in [0.25, 0.3) is 21.9 Å². The molecule has 0 aliphatic rings. The summed E-state index contributed by atoms with van der Waals surface area (Å²) in [4.78, 5) is 4.39. The molecular formula is C19H20N2. The first kappa shape index (κ1) is 13.8. The number of hydrogen-bond donors (Lipinski definition) is 1. The molecule has 0 saturated heterocycles. The standard InChI is InChI=1S/C19H20N2/c1-3-19(20-2)15-9-6-8-14(11-15)18-13-21-12-16-7-4-5-10-17(16)18/h4-13,19-20H,3H2,1-2H3. The van der Waals surface area contributed by atoms with Gasteiger partial charge in [-0.05, 0) is 36.0 Å². The number of aromatic nitrogens is 1. The molecule has 3 rings (SSSR count). The summed E-state index contributed by atoms with van der Waals surface area (Å²) < 4.78 is 0. The Morgan fingerprint density at radius 3 is 2.71 bits per heavy atom. The second-order valence-corrected chi connectivity index (χ2v) is 5.28. The van der Waals surface area contributed by atoms with Crippen LogP contribution in [0.3, 0.4) is 0 Å². The second-order valence-electron chi connectivity index (χ2n) is 5.28. The van der Waals surface area contributed by atoms with E-state index in [0.29, 0.717) is 6.04 Å². The van der Waals surface area contributed by atoms with Gasteiger partial charge in [-0.1, -0.05) is 49.4 Å². The van der Waals surface area contributed by atoms with Gasteiger partial charge in [0.05, 0.1) is 0 Å². The third-order valence-electron chi connectivity index (χ3n) is 4.02. The van der Waals surface area contributed by atoms with Crippen LogP contribution < -0.4 is 5.32 Å². The van der Waals surface area contributed by atoms with E-state index in [1.54, 1.807) is 0 Å². The fraction of sp³-hybridized carbons (Fsp3) is 0.211. The van der Waals surface area contributed by atoms with Gasteiger partial charge in [-0.2, -0.15) is 0 Å². The summed E-state index contributed by atoms with van der Waals surface area (Å²) in [7, 11) is 2.01. The van der Waals surface area contributed by atoms with Crippen LogP contribution in [0.5, 0.6) is 0 Å². The van der Waals surface area contributed by atoms with Crippen molar-refractivity contribution in [2.24, 2.45) is 0 Å². The minimum atomic E-state index is 0.396.